The fraction of sp³-hybridized carbons (Fsp3) is 0.900. The van der Waals surface area contributed by atoms with Gasteiger partial charge in [-0.05, 0) is 19.8 Å². The quantitative estimate of drug-likeness (QED) is 0.457. The van der Waals surface area contributed by atoms with Gasteiger partial charge < -0.3 is 20.5 Å². The van der Waals surface area contributed by atoms with Crippen LogP contribution >= 0.6 is 0 Å². The Labute approximate surface area is 89.9 Å². The number of guanidine groups is 1. The van der Waals surface area contributed by atoms with Gasteiger partial charge in [0, 0.05) is 13.1 Å². The minimum absolute atomic E-state index is 0.171. The number of aliphatic imine (C=N–C) groups is 1. The van der Waals surface area contributed by atoms with Gasteiger partial charge in [0.2, 0.25) is 0 Å². The van der Waals surface area contributed by atoms with Gasteiger partial charge >= 0.3 is 0 Å². The lowest BCUT2D eigenvalue weighted by atomic mass is 9.90. The van der Waals surface area contributed by atoms with Crippen LogP contribution in [-0.4, -0.2) is 53.9 Å². The fourth-order valence-electron chi connectivity index (χ4n) is 1.96. The summed E-state index contributed by atoms with van der Waals surface area (Å²) in [5.74, 6) is 0.599. The topological polar surface area (TPSA) is 71.1 Å². The maximum Gasteiger partial charge on any atom is 0.191 e. The molecule has 0 bridgehead atoms. The average Bonchev–Trinajstić information content (AvgIpc) is 2.15. The van der Waals surface area contributed by atoms with Crippen LogP contribution in [0.25, 0.3) is 0 Å². The Kier molecular flexibility index (Phi) is 3.11. The van der Waals surface area contributed by atoms with Gasteiger partial charge in [-0.2, -0.15) is 0 Å². The lowest BCUT2D eigenvalue weighted by Gasteiger charge is -2.34. The molecule has 15 heavy (non-hydrogen) atoms. The summed E-state index contributed by atoms with van der Waals surface area (Å²) in [6, 6.07) is 0.221. The Bertz CT molecular complexity index is 251. The molecule has 5 nitrogen and oxygen atoms in total. The number of hydrogen-bond acceptors (Lipinski definition) is 3. The second-order valence-corrected chi connectivity index (χ2v) is 4.39. The second-order valence-electron chi connectivity index (χ2n) is 4.39. The van der Waals surface area contributed by atoms with Crippen molar-refractivity contribution >= 4 is 5.96 Å². The highest BCUT2D eigenvalue weighted by atomic mass is 16.5. The minimum Gasteiger partial charge on any atom is -0.393 e. The van der Waals surface area contributed by atoms with Gasteiger partial charge in [-0.15, -0.1) is 0 Å². The largest absolute Gasteiger partial charge is 0.393 e. The SMILES string of the molecule is CC1CN(C(N)=NC2CC(O)C2)CCO1. The van der Waals surface area contributed by atoms with E-state index in [1.807, 2.05) is 6.92 Å². The van der Waals surface area contributed by atoms with E-state index in [0.717, 1.165) is 25.9 Å². The highest BCUT2D eigenvalue weighted by Gasteiger charge is 2.28. The molecule has 1 unspecified atom stereocenters. The van der Waals surface area contributed by atoms with E-state index < -0.39 is 0 Å². The summed E-state index contributed by atoms with van der Waals surface area (Å²) in [4.78, 5) is 6.45. The third kappa shape index (κ3) is 2.60. The van der Waals surface area contributed by atoms with Crippen molar-refractivity contribution < 1.29 is 9.84 Å². The molecule has 5 heteroatoms. The van der Waals surface area contributed by atoms with E-state index in [1.54, 1.807) is 0 Å². The van der Waals surface area contributed by atoms with Gasteiger partial charge in [0.05, 0.1) is 24.9 Å². The van der Waals surface area contributed by atoms with Crippen LogP contribution in [0.3, 0.4) is 0 Å². The zero-order chi connectivity index (χ0) is 10.8. The van der Waals surface area contributed by atoms with E-state index in [9.17, 15) is 0 Å². The molecule has 1 aliphatic carbocycles. The van der Waals surface area contributed by atoms with Crippen molar-refractivity contribution in [1.82, 2.24) is 4.90 Å². The Hall–Kier alpha value is -0.810. The van der Waals surface area contributed by atoms with E-state index >= 15 is 0 Å². The van der Waals surface area contributed by atoms with E-state index in [2.05, 4.69) is 9.89 Å². The molecule has 0 amide bonds. The highest BCUT2D eigenvalue weighted by molar-refractivity contribution is 5.78. The van der Waals surface area contributed by atoms with E-state index in [1.165, 1.54) is 0 Å². The predicted molar refractivity (Wildman–Crippen MR) is 57.6 cm³/mol. The Morgan fingerprint density at radius 3 is 2.87 bits per heavy atom. The van der Waals surface area contributed by atoms with Crippen molar-refractivity contribution in [3.8, 4) is 0 Å². The maximum absolute atomic E-state index is 9.14. The number of morpholine rings is 1. The van der Waals surface area contributed by atoms with Crippen LogP contribution in [0, 0.1) is 0 Å². The van der Waals surface area contributed by atoms with Crippen LogP contribution in [0.15, 0.2) is 4.99 Å². The lowest BCUT2D eigenvalue weighted by Crippen LogP contribution is -2.49. The molecule has 86 valence electrons. The van der Waals surface area contributed by atoms with Gasteiger partial charge in [0.25, 0.3) is 0 Å². The average molecular weight is 213 g/mol. The Balaban J connectivity index is 1.86. The molecule has 0 aromatic heterocycles. The zero-order valence-corrected chi connectivity index (χ0v) is 9.09. The third-order valence-corrected chi connectivity index (χ3v) is 2.97. The number of rotatable bonds is 1. The first-order valence-corrected chi connectivity index (χ1v) is 5.53. The molecule has 1 saturated heterocycles. The Morgan fingerprint density at radius 1 is 1.53 bits per heavy atom. The molecule has 0 aromatic carbocycles. The Morgan fingerprint density at radius 2 is 2.27 bits per heavy atom. The van der Waals surface area contributed by atoms with Crippen LogP contribution in [0.2, 0.25) is 0 Å². The predicted octanol–water partition coefficient (Wildman–Crippen LogP) is -0.455. The minimum atomic E-state index is -0.171. The maximum atomic E-state index is 9.14. The number of nitrogens with zero attached hydrogens (tertiary/aromatic N) is 2. The van der Waals surface area contributed by atoms with Crippen molar-refractivity contribution in [2.45, 2.75) is 38.0 Å². The summed E-state index contributed by atoms with van der Waals surface area (Å²) in [7, 11) is 0. The first kappa shape index (κ1) is 10.7. The van der Waals surface area contributed by atoms with Gasteiger partial charge in [-0.3, -0.25) is 0 Å². The molecule has 2 rings (SSSR count). The summed E-state index contributed by atoms with van der Waals surface area (Å²) in [5.41, 5.74) is 5.91. The number of aliphatic hydroxyl groups excluding tert-OH is 1. The molecular formula is C10H19N3O2. The molecule has 0 spiro atoms. The summed E-state index contributed by atoms with van der Waals surface area (Å²) in [6.45, 7) is 4.37. The summed E-state index contributed by atoms with van der Waals surface area (Å²) >= 11 is 0. The first-order chi connectivity index (χ1) is 7.15. The van der Waals surface area contributed by atoms with Crippen molar-refractivity contribution in [1.29, 1.82) is 0 Å². The molecule has 2 fully saturated rings. The van der Waals surface area contributed by atoms with E-state index in [-0.39, 0.29) is 18.2 Å². The number of hydrogen-bond donors (Lipinski definition) is 2. The van der Waals surface area contributed by atoms with Gasteiger partial charge in [-0.25, -0.2) is 4.99 Å². The summed E-state index contributed by atoms with van der Waals surface area (Å²) in [5, 5.41) is 9.14. The molecule has 3 N–H and O–H groups in total. The summed E-state index contributed by atoms with van der Waals surface area (Å²) < 4.78 is 5.43. The highest BCUT2D eigenvalue weighted by Crippen LogP contribution is 2.23. The molecule has 0 aromatic rings. The fourth-order valence-corrected chi connectivity index (χ4v) is 1.96. The molecule has 1 aliphatic heterocycles. The van der Waals surface area contributed by atoms with Crippen LogP contribution in [0.4, 0.5) is 0 Å². The zero-order valence-electron chi connectivity index (χ0n) is 9.09. The monoisotopic (exact) mass is 213 g/mol. The number of ether oxygens (including phenoxy) is 1. The lowest BCUT2D eigenvalue weighted by molar-refractivity contribution is 0.00478. The van der Waals surface area contributed by atoms with Gasteiger partial charge in [0.15, 0.2) is 5.96 Å². The van der Waals surface area contributed by atoms with E-state index in [0.29, 0.717) is 12.6 Å². The standard InChI is InChI=1S/C10H19N3O2/c1-7-6-13(2-3-15-7)10(11)12-8-4-9(14)5-8/h7-9,14H,2-6H2,1H3,(H2,11,12). The van der Waals surface area contributed by atoms with Crippen LogP contribution < -0.4 is 5.73 Å². The molecule has 2 aliphatic rings. The van der Waals surface area contributed by atoms with Crippen LogP contribution in [-0.2, 0) is 4.74 Å². The second kappa shape index (κ2) is 4.37. The van der Waals surface area contributed by atoms with Crippen LogP contribution in [0.5, 0.6) is 0 Å². The molecule has 1 saturated carbocycles. The van der Waals surface area contributed by atoms with Crippen LogP contribution in [0.1, 0.15) is 19.8 Å². The van der Waals surface area contributed by atoms with Gasteiger partial charge in [0.1, 0.15) is 0 Å². The van der Waals surface area contributed by atoms with Crippen molar-refractivity contribution in [2.24, 2.45) is 10.7 Å². The van der Waals surface area contributed by atoms with Crippen molar-refractivity contribution in [3.63, 3.8) is 0 Å². The first-order valence-electron chi connectivity index (χ1n) is 5.53. The molecular weight excluding hydrogens is 194 g/mol. The van der Waals surface area contributed by atoms with Gasteiger partial charge in [-0.1, -0.05) is 0 Å². The number of nitrogens with two attached hydrogens (primary N) is 1. The third-order valence-electron chi connectivity index (χ3n) is 2.97. The molecule has 1 heterocycles. The normalized spacial score (nSPS) is 37.6. The number of aliphatic hydroxyl groups is 1. The van der Waals surface area contributed by atoms with E-state index in [4.69, 9.17) is 15.6 Å². The molecule has 0 radical (unpaired) electrons. The van der Waals surface area contributed by atoms with Crippen molar-refractivity contribution in [3.05, 3.63) is 0 Å². The van der Waals surface area contributed by atoms with Crippen molar-refractivity contribution in [2.75, 3.05) is 19.7 Å². The molecule has 1 atom stereocenters. The smallest absolute Gasteiger partial charge is 0.191 e. The summed E-state index contributed by atoms with van der Waals surface area (Å²) in [6.07, 6.45) is 1.55.